The third-order valence-electron chi connectivity index (χ3n) is 2.32. The lowest BCUT2D eigenvalue weighted by Crippen LogP contribution is -2.15. The van der Waals surface area contributed by atoms with Gasteiger partial charge in [-0.15, -0.1) is 11.3 Å². The van der Waals surface area contributed by atoms with Crippen molar-refractivity contribution in [3.05, 3.63) is 33.7 Å². The Morgan fingerprint density at radius 3 is 2.93 bits per heavy atom. The molecular weight excluding hydrogens is 194 g/mol. The van der Waals surface area contributed by atoms with E-state index in [0.717, 1.165) is 24.0 Å². The second kappa shape index (κ2) is 3.58. The topological polar surface area (TPSA) is 20.3 Å². The molecule has 1 heterocycles. The van der Waals surface area contributed by atoms with Crippen molar-refractivity contribution in [1.29, 1.82) is 0 Å². The summed E-state index contributed by atoms with van der Waals surface area (Å²) in [6, 6.07) is 1.94. The number of hydrogen-bond donors (Lipinski definition) is 0. The summed E-state index contributed by atoms with van der Waals surface area (Å²) in [5.74, 6) is 0.209. The van der Waals surface area contributed by atoms with Gasteiger partial charge in [0.1, 0.15) is 0 Å². The van der Waals surface area contributed by atoms with Crippen LogP contribution >= 0.6 is 11.3 Å². The first-order valence-electron chi connectivity index (χ1n) is 4.66. The van der Waals surface area contributed by atoms with Crippen LogP contribution in [0, 0.1) is 0 Å². The smallest absolute Gasteiger partial charge is 0.191 e. The van der Waals surface area contributed by atoms with Gasteiger partial charge in [0, 0.05) is 36.3 Å². The van der Waals surface area contributed by atoms with Gasteiger partial charge in [-0.1, -0.05) is 0 Å². The molecule has 0 fully saturated rings. The summed E-state index contributed by atoms with van der Waals surface area (Å²) in [7, 11) is 3.90. The number of hydrogen-bond acceptors (Lipinski definition) is 3. The normalized spacial score (nSPS) is 18.4. The lowest BCUT2D eigenvalue weighted by Gasteiger charge is -2.15. The summed E-state index contributed by atoms with van der Waals surface area (Å²) in [6.45, 7) is 0. The Morgan fingerprint density at radius 2 is 2.21 bits per heavy atom. The maximum Gasteiger partial charge on any atom is 0.191 e. The van der Waals surface area contributed by atoms with Gasteiger partial charge >= 0.3 is 0 Å². The van der Waals surface area contributed by atoms with Crippen LogP contribution in [0.3, 0.4) is 0 Å². The fraction of sp³-hybridized carbons (Fsp3) is 0.364. The molecule has 1 aliphatic rings. The number of aryl methyl sites for hydroxylation is 1. The van der Waals surface area contributed by atoms with Crippen LogP contribution in [0.2, 0.25) is 0 Å². The molecule has 1 aromatic heterocycles. The first-order chi connectivity index (χ1) is 6.68. The number of thiophene rings is 1. The van der Waals surface area contributed by atoms with Crippen LogP contribution in [-0.4, -0.2) is 24.8 Å². The van der Waals surface area contributed by atoms with Crippen LogP contribution in [0.25, 0.3) is 0 Å². The Balaban J connectivity index is 2.34. The highest BCUT2D eigenvalue weighted by Gasteiger charge is 2.22. The molecule has 74 valence electrons. The van der Waals surface area contributed by atoms with E-state index in [0.29, 0.717) is 0 Å². The Labute approximate surface area is 87.9 Å². The SMILES string of the molecule is CN(C)/C=C1\CCc2sccc2C1=O. The predicted molar refractivity (Wildman–Crippen MR) is 58.7 cm³/mol. The molecule has 2 rings (SSSR count). The van der Waals surface area contributed by atoms with Gasteiger partial charge in [-0.3, -0.25) is 4.79 Å². The molecule has 1 aromatic rings. The van der Waals surface area contributed by atoms with Crippen LogP contribution in [0.1, 0.15) is 21.7 Å². The number of nitrogens with zero attached hydrogens (tertiary/aromatic N) is 1. The number of allylic oxidation sites excluding steroid dienone is 1. The van der Waals surface area contributed by atoms with E-state index in [2.05, 4.69) is 0 Å². The van der Waals surface area contributed by atoms with E-state index in [1.807, 2.05) is 36.6 Å². The molecule has 0 aliphatic heterocycles. The maximum absolute atomic E-state index is 11.9. The van der Waals surface area contributed by atoms with E-state index in [4.69, 9.17) is 0 Å². The molecule has 0 aromatic carbocycles. The quantitative estimate of drug-likeness (QED) is 0.659. The zero-order chi connectivity index (χ0) is 10.1. The first-order valence-corrected chi connectivity index (χ1v) is 5.54. The third kappa shape index (κ3) is 1.60. The highest BCUT2D eigenvalue weighted by atomic mass is 32.1. The van der Waals surface area contributed by atoms with Gasteiger partial charge in [0.15, 0.2) is 5.78 Å². The van der Waals surface area contributed by atoms with Crippen molar-refractivity contribution < 1.29 is 4.79 Å². The second-order valence-electron chi connectivity index (χ2n) is 3.70. The summed E-state index contributed by atoms with van der Waals surface area (Å²) in [5.41, 5.74) is 1.84. The van der Waals surface area contributed by atoms with Gasteiger partial charge < -0.3 is 4.90 Å². The monoisotopic (exact) mass is 207 g/mol. The number of ketones is 1. The van der Waals surface area contributed by atoms with Crippen molar-refractivity contribution in [3.8, 4) is 0 Å². The lowest BCUT2D eigenvalue weighted by molar-refractivity contribution is 0.102. The molecule has 3 heteroatoms. The van der Waals surface area contributed by atoms with E-state index in [1.54, 1.807) is 11.3 Å². The minimum absolute atomic E-state index is 0.209. The molecule has 0 amide bonds. The van der Waals surface area contributed by atoms with Crippen molar-refractivity contribution in [1.82, 2.24) is 4.90 Å². The molecule has 0 saturated heterocycles. The van der Waals surface area contributed by atoms with Crippen LogP contribution in [0.15, 0.2) is 23.2 Å². The van der Waals surface area contributed by atoms with E-state index in [9.17, 15) is 4.79 Å². The summed E-state index contributed by atoms with van der Waals surface area (Å²) in [4.78, 5) is 15.1. The molecule has 2 nitrogen and oxygen atoms in total. The molecule has 0 unspecified atom stereocenters. The minimum atomic E-state index is 0.209. The van der Waals surface area contributed by atoms with Crippen LogP contribution < -0.4 is 0 Å². The van der Waals surface area contributed by atoms with E-state index in [-0.39, 0.29) is 5.78 Å². The minimum Gasteiger partial charge on any atom is -0.383 e. The summed E-state index contributed by atoms with van der Waals surface area (Å²) in [5, 5.41) is 2.00. The van der Waals surface area contributed by atoms with Crippen molar-refractivity contribution in [2.75, 3.05) is 14.1 Å². The summed E-state index contributed by atoms with van der Waals surface area (Å²) in [6.07, 6.45) is 3.83. The van der Waals surface area contributed by atoms with Gasteiger partial charge in [-0.25, -0.2) is 0 Å². The Kier molecular flexibility index (Phi) is 2.42. The molecule has 1 aliphatic carbocycles. The van der Waals surface area contributed by atoms with Gasteiger partial charge in [0.25, 0.3) is 0 Å². The van der Waals surface area contributed by atoms with Crippen molar-refractivity contribution in [3.63, 3.8) is 0 Å². The maximum atomic E-state index is 11.9. The first kappa shape index (κ1) is 9.46. The van der Waals surface area contributed by atoms with Gasteiger partial charge in [0.2, 0.25) is 0 Å². The summed E-state index contributed by atoms with van der Waals surface area (Å²) < 4.78 is 0. The zero-order valence-electron chi connectivity index (χ0n) is 8.41. The molecule has 0 bridgehead atoms. The predicted octanol–water partition coefficient (Wildman–Crippen LogP) is 2.32. The van der Waals surface area contributed by atoms with Crippen molar-refractivity contribution in [2.45, 2.75) is 12.8 Å². The lowest BCUT2D eigenvalue weighted by atomic mass is 9.93. The Bertz CT molecular complexity index is 390. The fourth-order valence-corrected chi connectivity index (χ4v) is 2.58. The third-order valence-corrected chi connectivity index (χ3v) is 3.30. The highest BCUT2D eigenvalue weighted by molar-refractivity contribution is 7.10. The van der Waals surface area contributed by atoms with E-state index in [1.165, 1.54) is 4.88 Å². The van der Waals surface area contributed by atoms with E-state index < -0.39 is 0 Å². The largest absolute Gasteiger partial charge is 0.383 e. The van der Waals surface area contributed by atoms with Crippen molar-refractivity contribution in [2.24, 2.45) is 0 Å². The Morgan fingerprint density at radius 1 is 1.43 bits per heavy atom. The average molecular weight is 207 g/mol. The molecule has 0 N–H and O–H groups in total. The van der Waals surface area contributed by atoms with Crippen LogP contribution in [-0.2, 0) is 6.42 Å². The van der Waals surface area contributed by atoms with Crippen LogP contribution in [0.4, 0.5) is 0 Å². The standard InChI is InChI=1S/C11H13NOS/c1-12(2)7-8-3-4-10-9(11(8)13)5-6-14-10/h5-7H,3-4H2,1-2H3/b8-7+. The van der Waals surface area contributed by atoms with Gasteiger partial charge in [-0.2, -0.15) is 0 Å². The second-order valence-corrected chi connectivity index (χ2v) is 4.71. The number of rotatable bonds is 1. The number of carbonyl (C=O) groups excluding carboxylic acids is 1. The number of fused-ring (bicyclic) bond motifs is 1. The number of Topliss-reactive ketones (excluding diaryl/α,β-unsaturated/α-hetero) is 1. The number of carbonyl (C=O) groups is 1. The molecule has 0 atom stereocenters. The highest BCUT2D eigenvalue weighted by Crippen LogP contribution is 2.28. The molecule has 0 saturated carbocycles. The van der Waals surface area contributed by atoms with Crippen molar-refractivity contribution >= 4 is 17.1 Å². The van der Waals surface area contributed by atoms with Gasteiger partial charge in [-0.05, 0) is 24.3 Å². The van der Waals surface area contributed by atoms with E-state index >= 15 is 0 Å². The Hall–Kier alpha value is -1.09. The molecule has 0 spiro atoms. The zero-order valence-corrected chi connectivity index (χ0v) is 9.23. The molecule has 14 heavy (non-hydrogen) atoms. The van der Waals surface area contributed by atoms with Gasteiger partial charge in [0.05, 0.1) is 0 Å². The summed E-state index contributed by atoms with van der Waals surface area (Å²) >= 11 is 1.69. The molecule has 0 radical (unpaired) electrons. The van der Waals surface area contributed by atoms with Crippen LogP contribution in [0.5, 0.6) is 0 Å². The molecular formula is C11H13NOS. The average Bonchev–Trinajstić information content (AvgIpc) is 2.57. The fourth-order valence-electron chi connectivity index (χ4n) is 1.71.